The first kappa shape index (κ1) is 19.9. The van der Waals surface area contributed by atoms with Crippen molar-refractivity contribution in [3.05, 3.63) is 82.8 Å². The van der Waals surface area contributed by atoms with E-state index in [-0.39, 0.29) is 12.0 Å². The number of fused-ring (bicyclic) bond motifs is 1. The van der Waals surface area contributed by atoms with E-state index in [2.05, 4.69) is 0 Å². The van der Waals surface area contributed by atoms with E-state index in [0.717, 1.165) is 40.8 Å². The summed E-state index contributed by atoms with van der Waals surface area (Å²) < 4.78 is 3.21. The molecule has 5 rings (SSSR count). The Morgan fingerprint density at radius 3 is 2.53 bits per heavy atom. The zero-order valence-corrected chi connectivity index (χ0v) is 17.4. The van der Waals surface area contributed by atoms with E-state index >= 15 is 0 Å². The molecule has 3 heterocycles. The first-order valence-electron chi connectivity index (χ1n) is 10.7. The lowest BCUT2D eigenvalue weighted by atomic mass is 9.94. The molecule has 160 valence electrons. The third-order valence-electron chi connectivity index (χ3n) is 5.81. The second-order valence-corrected chi connectivity index (χ2v) is 7.92. The van der Waals surface area contributed by atoms with Gasteiger partial charge < -0.3 is 5.11 Å². The molecule has 32 heavy (non-hydrogen) atoms. The van der Waals surface area contributed by atoms with Crippen LogP contribution in [0, 0.1) is 0 Å². The van der Waals surface area contributed by atoms with Gasteiger partial charge in [-0.25, -0.2) is 9.20 Å². The van der Waals surface area contributed by atoms with E-state index in [1.165, 1.54) is 10.7 Å². The van der Waals surface area contributed by atoms with Crippen molar-refractivity contribution in [3.63, 3.8) is 0 Å². The molecule has 0 saturated heterocycles. The molecule has 0 atom stereocenters. The number of aromatic nitrogens is 4. The maximum atomic E-state index is 12.8. The van der Waals surface area contributed by atoms with Crippen molar-refractivity contribution in [2.24, 2.45) is 0 Å². The van der Waals surface area contributed by atoms with Crippen molar-refractivity contribution in [1.29, 1.82) is 0 Å². The van der Waals surface area contributed by atoms with E-state index < -0.39 is 5.97 Å². The summed E-state index contributed by atoms with van der Waals surface area (Å²) in [5, 5.41) is 18.8. The fraction of sp³-hybridized carbons (Fsp3) is 0.200. The molecule has 0 bridgehead atoms. The molecule has 7 nitrogen and oxygen atoms in total. The average molecular weight is 426 g/mol. The van der Waals surface area contributed by atoms with Gasteiger partial charge in [-0.3, -0.25) is 9.59 Å². The number of hydrogen-bond acceptors (Lipinski definition) is 4. The van der Waals surface area contributed by atoms with Crippen molar-refractivity contribution in [3.8, 4) is 22.5 Å². The lowest BCUT2D eigenvalue weighted by molar-refractivity contribution is -0.136. The van der Waals surface area contributed by atoms with Crippen LogP contribution in [-0.2, 0) is 4.79 Å². The largest absolute Gasteiger partial charge is 0.481 e. The minimum absolute atomic E-state index is 0.0698. The zero-order valence-electron chi connectivity index (χ0n) is 17.4. The molecule has 1 aliphatic carbocycles. The van der Waals surface area contributed by atoms with E-state index in [9.17, 15) is 14.7 Å². The number of carboxylic acid groups (broad SMARTS) is 1. The molecule has 0 spiro atoms. The molecule has 0 radical (unpaired) electrons. The van der Waals surface area contributed by atoms with Crippen molar-refractivity contribution in [2.45, 2.75) is 32.1 Å². The maximum Gasteiger partial charge on any atom is 0.307 e. The third kappa shape index (κ3) is 3.62. The van der Waals surface area contributed by atoms with Crippen LogP contribution in [0.5, 0.6) is 0 Å². The van der Waals surface area contributed by atoms with E-state index in [0.29, 0.717) is 24.2 Å². The summed E-state index contributed by atoms with van der Waals surface area (Å²) in [5.74, 6) is -0.891. The van der Waals surface area contributed by atoms with Crippen molar-refractivity contribution < 1.29 is 9.90 Å². The van der Waals surface area contributed by atoms with Crippen LogP contribution < -0.4 is 5.56 Å². The Bertz CT molecular complexity index is 1400. The van der Waals surface area contributed by atoms with Crippen LogP contribution in [0.1, 0.15) is 32.1 Å². The highest BCUT2D eigenvalue weighted by molar-refractivity contribution is 5.90. The topological polar surface area (TPSA) is 89.5 Å². The minimum Gasteiger partial charge on any atom is -0.481 e. The van der Waals surface area contributed by atoms with Crippen LogP contribution in [0.2, 0.25) is 0 Å². The average Bonchev–Trinajstić information content (AvgIpc) is 3.20. The number of carboxylic acids is 1. The van der Waals surface area contributed by atoms with E-state index in [1.54, 1.807) is 6.07 Å². The van der Waals surface area contributed by atoms with Gasteiger partial charge in [-0.05, 0) is 49.5 Å². The molecular formula is C25H22N4O3. The summed E-state index contributed by atoms with van der Waals surface area (Å²) in [4.78, 5) is 24.2. The quantitative estimate of drug-likeness (QED) is 0.508. The minimum atomic E-state index is -0.891. The Morgan fingerprint density at radius 1 is 0.938 bits per heavy atom. The van der Waals surface area contributed by atoms with Crippen LogP contribution in [0.3, 0.4) is 0 Å². The smallest absolute Gasteiger partial charge is 0.307 e. The molecule has 0 amide bonds. The fourth-order valence-corrected chi connectivity index (χ4v) is 4.37. The normalized spacial score (nSPS) is 14.1. The van der Waals surface area contributed by atoms with Gasteiger partial charge in [-0.1, -0.05) is 36.4 Å². The number of benzene rings is 1. The molecular weight excluding hydrogens is 404 g/mol. The first-order chi connectivity index (χ1) is 15.6. The highest BCUT2D eigenvalue weighted by Crippen LogP contribution is 2.34. The first-order valence-corrected chi connectivity index (χ1v) is 10.7. The second kappa shape index (κ2) is 8.26. The standard InChI is InChI=1S/C25H22N4O3/c30-22-14-13-19(26-29(22)20-11-5-4-10-18(20)16-23(31)32)24-21-12-6-7-15-28(21)27-25(24)17-8-2-1-3-9-17/h1-3,6-9,12-15H,4-5,10-11,16H2,(H,31,32). The highest BCUT2D eigenvalue weighted by Gasteiger charge is 2.21. The van der Waals surface area contributed by atoms with Gasteiger partial charge in [0.1, 0.15) is 5.69 Å². The van der Waals surface area contributed by atoms with Gasteiger partial charge in [0.15, 0.2) is 0 Å². The molecule has 7 heteroatoms. The van der Waals surface area contributed by atoms with Gasteiger partial charge in [-0.15, -0.1) is 0 Å². The van der Waals surface area contributed by atoms with Gasteiger partial charge >= 0.3 is 5.97 Å². The summed E-state index contributed by atoms with van der Waals surface area (Å²) in [6.07, 6.45) is 4.95. The van der Waals surface area contributed by atoms with Gasteiger partial charge in [0.05, 0.1) is 23.2 Å². The summed E-state index contributed by atoms with van der Waals surface area (Å²) in [6, 6.07) is 18.9. The number of allylic oxidation sites excluding steroid dienone is 1. The number of aliphatic carboxylic acids is 1. The molecule has 3 aromatic heterocycles. The predicted octanol–water partition coefficient (Wildman–Crippen LogP) is 4.48. The van der Waals surface area contributed by atoms with Crippen molar-refractivity contribution in [2.75, 3.05) is 0 Å². The molecule has 0 saturated carbocycles. The molecule has 4 aromatic rings. The van der Waals surface area contributed by atoms with Crippen LogP contribution in [0.25, 0.3) is 33.7 Å². The zero-order chi connectivity index (χ0) is 22.1. The Labute approximate surface area is 184 Å². The van der Waals surface area contributed by atoms with E-state index in [1.807, 2.05) is 59.2 Å². The lowest BCUT2D eigenvalue weighted by Gasteiger charge is -2.20. The monoisotopic (exact) mass is 426 g/mol. The molecule has 1 aromatic carbocycles. The van der Waals surface area contributed by atoms with Crippen LogP contribution in [0.4, 0.5) is 0 Å². The summed E-state index contributed by atoms with van der Waals surface area (Å²) in [7, 11) is 0. The Hall–Kier alpha value is -4.00. The SMILES string of the molecule is O=C(O)CC1=C(n2nc(-c3c(-c4ccccc4)nn4ccccc34)ccc2=O)CCCC1. The molecule has 1 aliphatic rings. The van der Waals surface area contributed by atoms with Crippen LogP contribution in [-0.4, -0.2) is 30.5 Å². The van der Waals surface area contributed by atoms with Crippen molar-refractivity contribution >= 4 is 17.2 Å². The summed E-state index contributed by atoms with van der Waals surface area (Å²) >= 11 is 0. The number of hydrogen-bond donors (Lipinski definition) is 1. The number of nitrogens with zero attached hydrogens (tertiary/aromatic N) is 4. The Kier molecular flexibility index (Phi) is 5.15. The maximum absolute atomic E-state index is 12.8. The third-order valence-corrected chi connectivity index (χ3v) is 5.81. The second-order valence-electron chi connectivity index (χ2n) is 7.92. The highest BCUT2D eigenvalue weighted by atomic mass is 16.4. The number of pyridine rings is 1. The van der Waals surface area contributed by atoms with Crippen LogP contribution in [0.15, 0.2) is 77.2 Å². The molecule has 1 N–H and O–H groups in total. The van der Waals surface area contributed by atoms with Gasteiger partial charge in [0.2, 0.25) is 0 Å². The lowest BCUT2D eigenvalue weighted by Crippen LogP contribution is -2.24. The fourth-order valence-electron chi connectivity index (χ4n) is 4.37. The Morgan fingerprint density at radius 2 is 1.72 bits per heavy atom. The molecule has 0 aliphatic heterocycles. The summed E-state index contributed by atoms with van der Waals surface area (Å²) in [5.41, 5.74) is 5.30. The van der Waals surface area contributed by atoms with Crippen LogP contribution >= 0.6 is 0 Å². The molecule has 0 fully saturated rings. The van der Waals surface area contributed by atoms with Gasteiger partial charge in [0, 0.05) is 23.5 Å². The van der Waals surface area contributed by atoms with Gasteiger partial charge in [0.25, 0.3) is 5.56 Å². The van der Waals surface area contributed by atoms with Gasteiger partial charge in [-0.2, -0.15) is 10.2 Å². The Balaban J connectivity index is 1.73. The summed E-state index contributed by atoms with van der Waals surface area (Å²) in [6.45, 7) is 0. The number of rotatable bonds is 5. The number of carbonyl (C=O) groups is 1. The molecule has 0 unspecified atom stereocenters. The predicted molar refractivity (Wildman–Crippen MR) is 122 cm³/mol. The van der Waals surface area contributed by atoms with Crippen molar-refractivity contribution in [1.82, 2.24) is 19.4 Å². The van der Waals surface area contributed by atoms with E-state index in [4.69, 9.17) is 10.2 Å².